The number of benzene rings is 1. The highest BCUT2D eigenvalue weighted by molar-refractivity contribution is 5.92. The molecular weight excluding hydrogens is 222 g/mol. The highest BCUT2D eigenvalue weighted by Gasteiger charge is 2.07. The number of amides is 1. The van der Waals surface area contributed by atoms with Gasteiger partial charge in [0.1, 0.15) is 5.75 Å². The molecule has 2 N–H and O–H groups in total. The van der Waals surface area contributed by atoms with Crippen molar-refractivity contribution in [1.29, 1.82) is 0 Å². The Labute approximate surface area is 99.4 Å². The number of carboxylic acids is 1. The standard InChI is InChI=1S/C12H15NO4/c1-17-10-6-3-2-5-9(10)13-11(14)7-4-8-12(15)16/h2-3,5-6H,4,7-8H2,1H3,(H,13,14)(H,15,16). The molecule has 0 fully saturated rings. The second kappa shape index (κ2) is 6.52. The van der Waals surface area contributed by atoms with Crippen LogP contribution in [-0.4, -0.2) is 24.1 Å². The predicted octanol–water partition coefficient (Wildman–Crippen LogP) is 1.89. The molecule has 1 amide bonds. The summed E-state index contributed by atoms with van der Waals surface area (Å²) in [5, 5.41) is 11.1. The van der Waals surface area contributed by atoms with Crippen molar-refractivity contribution < 1.29 is 19.4 Å². The first-order valence-electron chi connectivity index (χ1n) is 5.28. The fraction of sp³-hybridized carbons (Fsp3) is 0.333. The van der Waals surface area contributed by atoms with Crippen LogP contribution in [0.2, 0.25) is 0 Å². The molecule has 5 heteroatoms. The molecule has 0 spiro atoms. The average molecular weight is 237 g/mol. The molecule has 1 rings (SSSR count). The molecule has 0 saturated heterocycles. The SMILES string of the molecule is COc1ccccc1NC(=O)CCCC(=O)O. The van der Waals surface area contributed by atoms with Gasteiger partial charge in [-0.1, -0.05) is 12.1 Å². The molecule has 0 heterocycles. The van der Waals surface area contributed by atoms with Crippen LogP contribution in [0.1, 0.15) is 19.3 Å². The molecular formula is C12H15NO4. The summed E-state index contributed by atoms with van der Waals surface area (Å²) >= 11 is 0. The molecule has 0 unspecified atom stereocenters. The van der Waals surface area contributed by atoms with Gasteiger partial charge in [0, 0.05) is 12.8 Å². The number of carbonyl (C=O) groups is 2. The minimum atomic E-state index is -0.893. The van der Waals surface area contributed by atoms with Gasteiger partial charge >= 0.3 is 5.97 Å². The van der Waals surface area contributed by atoms with Crippen molar-refractivity contribution in [3.8, 4) is 5.75 Å². The number of ether oxygens (including phenoxy) is 1. The number of carbonyl (C=O) groups excluding carboxylic acids is 1. The molecule has 0 bridgehead atoms. The Kier molecular flexibility index (Phi) is 5.00. The molecule has 17 heavy (non-hydrogen) atoms. The van der Waals surface area contributed by atoms with Gasteiger partial charge in [0.15, 0.2) is 0 Å². The maximum Gasteiger partial charge on any atom is 0.303 e. The van der Waals surface area contributed by atoms with Crippen LogP contribution >= 0.6 is 0 Å². The number of aliphatic carboxylic acids is 1. The van der Waals surface area contributed by atoms with E-state index in [0.29, 0.717) is 17.9 Å². The topological polar surface area (TPSA) is 75.6 Å². The van der Waals surface area contributed by atoms with E-state index in [4.69, 9.17) is 9.84 Å². The lowest BCUT2D eigenvalue weighted by Gasteiger charge is -2.09. The summed E-state index contributed by atoms with van der Waals surface area (Å²) in [5.41, 5.74) is 0.593. The van der Waals surface area contributed by atoms with Crippen molar-refractivity contribution in [2.45, 2.75) is 19.3 Å². The Hall–Kier alpha value is -2.04. The van der Waals surface area contributed by atoms with Crippen LogP contribution in [-0.2, 0) is 9.59 Å². The molecule has 0 aliphatic carbocycles. The number of anilines is 1. The highest BCUT2D eigenvalue weighted by Crippen LogP contribution is 2.23. The Balaban J connectivity index is 2.47. The first kappa shape index (κ1) is 13.0. The summed E-state index contributed by atoms with van der Waals surface area (Å²) < 4.78 is 5.08. The lowest BCUT2D eigenvalue weighted by atomic mass is 10.2. The lowest BCUT2D eigenvalue weighted by Crippen LogP contribution is -2.12. The summed E-state index contributed by atoms with van der Waals surface area (Å²) in [6, 6.07) is 7.06. The number of nitrogens with one attached hydrogen (secondary N) is 1. The Bertz CT molecular complexity index is 403. The number of carboxylic acid groups (broad SMARTS) is 1. The monoisotopic (exact) mass is 237 g/mol. The molecule has 0 radical (unpaired) electrons. The van der Waals surface area contributed by atoms with Crippen molar-refractivity contribution in [1.82, 2.24) is 0 Å². The van der Waals surface area contributed by atoms with Crippen molar-refractivity contribution in [2.24, 2.45) is 0 Å². The van der Waals surface area contributed by atoms with Gasteiger partial charge in [-0.3, -0.25) is 9.59 Å². The normalized spacial score (nSPS) is 9.71. The van der Waals surface area contributed by atoms with E-state index in [1.807, 2.05) is 0 Å². The highest BCUT2D eigenvalue weighted by atomic mass is 16.5. The molecule has 0 aliphatic heterocycles. The van der Waals surface area contributed by atoms with E-state index in [2.05, 4.69) is 5.32 Å². The summed E-state index contributed by atoms with van der Waals surface area (Å²) in [4.78, 5) is 21.8. The second-order valence-electron chi connectivity index (χ2n) is 3.50. The van der Waals surface area contributed by atoms with E-state index in [9.17, 15) is 9.59 Å². The van der Waals surface area contributed by atoms with Crippen LogP contribution in [0.15, 0.2) is 24.3 Å². The van der Waals surface area contributed by atoms with Gasteiger partial charge in [0.2, 0.25) is 5.91 Å². The average Bonchev–Trinajstić information content (AvgIpc) is 2.29. The summed E-state index contributed by atoms with van der Waals surface area (Å²) in [6.45, 7) is 0. The van der Waals surface area contributed by atoms with Crippen LogP contribution in [0.3, 0.4) is 0 Å². The molecule has 1 aromatic carbocycles. The zero-order valence-electron chi connectivity index (χ0n) is 9.60. The third-order valence-corrected chi connectivity index (χ3v) is 2.18. The maximum absolute atomic E-state index is 11.5. The van der Waals surface area contributed by atoms with Crippen molar-refractivity contribution >= 4 is 17.6 Å². The van der Waals surface area contributed by atoms with Crippen molar-refractivity contribution in [3.63, 3.8) is 0 Å². The van der Waals surface area contributed by atoms with Crippen LogP contribution < -0.4 is 10.1 Å². The Morgan fingerprint density at radius 2 is 2.00 bits per heavy atom. The van der Waals surface area contributed by atoms with Crippen molar-refractivity contribution in [3.05, 3.63) is 24.3 Å². The molecule has 0 aliphatic rings. The maximum atomic E-state index is 11.5. The van der Waals surface area contributed by atoms with Gasteiger partial charge in [0.25, 0.3) is 0 Å². The molecule has 0 saturated carbocycles. The number of hydrogen-bond donors (Lipinski definition) is 2. The zero-order chi connectivity index (χ0) is 12.7. The number of para-hydroxylation sites is 2. The van der Waals surface area contributed by atoms with Crippen LogP contribution in [0.5, 0.6) is 5.75 Å². The summed E-state index contributed by atoms with van der Waals surface area (Å²) in [7, 11) is 1.52. The van der Waals surface area contributed by atoms with E-state index < -0.39 is 5.97 Å². The summed E-state index contributed by atoms with van der Waals surface area (Å²) in [5.74, 6) is -0.523. The minimum Gasteiger partial charge on any atom is -0.495 e. The van der Waals surface area contributed by atoms with E-state index in [1.165, 1.54) is 7.11 Å². The van der Waals surface area contributed by atoms with E-state index in [1.54, 1.807) is 24.3 Å². The molecule has 5 nitrogen and oxygen atoms in total. The third-order valence-electron chi connectivity index (χ3n) is 2.18. The second-order valence-corrected chi connectivity index (χ2v) is 3.50. The molecule has 0 atom stereocenters. The largest absolute Gasteiger partial charge is 0.495 e. The van der Waals surface area contributed by atoms with E-state index >= 15 is 0 Å². The lowest BCUT2D eigenvalue weighted by molar-refractivity contribution is -0.137. The van der Waals surface area contributed by atoms with Gasteiger partial charge in [-0.25, -0.2) is 0 Å². The van der Waals surface area contributed by atoms with Crippen molar-refractivity contribution in [2.75, 3.05) is 12.4 Å². The number of rotatable bonds is 6. The van der Waals surface area contributed by atoms with Gasteiger partial charge in [-0.05, 0) is 18.6 Å². The first-order chi connectivity index (χ1) is 8.13. The zero-order valence-corrected chi connectivity index (χ0v) is 9.60. The summed E-state index contributed by atoms with van der Waals surface area (Å²) in [6.07, 6.45) is 0.514. The van der Waals surface area contributed by atoms with Gasteiger partial charge in [0.05, 0.1) is 12.8 Å². The van der Waals surface area contributed by atoms with Crippen LogP contribution in [0.25, 0.3) is 0 Å². The first-order valence-corrected chi connectivity index (χ1v) is 5.28. The minimum absolute atomic E-state index is 0.000650. The molecule has 1 aromatic rings. The molecule has 92 valence electrons. The van der Waals surface area contributed by atoms with E-state index in [-0.39, 0.29) is 18.7 Å². The fourth-order valence-electron chi connectivity index (χ4n) is 1.36. The number of hydrogen-bond acceptors (Lipinski definition) is 3. The van der Waals surface area contributed by atoms with Gasteiger partial charge in [-0.2, -0.15) is 0 Å². The Morgan fingerprint density at radius 1 is 1.29 bits per heavy atom. The fourth-order valence-corrected chi connectivity index (χ4v) is 1.36. The van der Waals surface area contributed by atoms with Crippen LogP contribution in [0.4, 0.5) is 5.69 Å². The molecule has 0 aromatic heterocycles. The predicted molar refractivity (Wildman–Crippen MR) is 63.1 cm³/mol. The Morgan fingerprint density at radius 3 is 2.65 bits per heavy atom. The van der Waals surface area contributed by atoms with Crippen LogP contribution in [0, 0.1) is 0 Å². The number of methoxy groups -OCH3 is 1. The smallest absolute Gasteiger partial charge is 0.303 e. The van der Waals surface area contributed by atoms with E-state index in [0.717, 1.165) is 0 Å². The third kappa shape index (κ3) is 4.55. The van der Waals surface area contributed by atoms with Gasteiger partial charge in [-0.15, -0.1) is 0 Å². The quantitative estimate of drug-likeness (QED) is 0.792. The van der Waals surface area contributed by atoms with Gasteiger partial charge < -0.3 is 15.2 Å².